The lowest BCUT2D eigenvalue weighted by molar-refractivity contribution is 0.0692. The maximum atomic E-state index is 12.3. The molecule has 3 rings (SSSR count). The molecule has 136 valence electrons. The maximum Gasteiger partial charge on any atom is 0.339 e. The first-order chi connectivity index (χ1) is 12.4. The number of aromatic carboxylic acids is 1. The standard InChI is InChI=1S/C16H19N7O3/c1-4-22-6-11(10(2)19-22)7-23-8-12(5-17-23)18-15(24)14-13(16(25)26)9-21(3)20-14/h5-6,8-9H,4,7H2,1-3H3,(H,18,24)(H,25,26). The summed E-state index contributed by atoms with van der Waals surface area (Å²) in [6, 6.07) is 0. The van der Waals surface area contributed by atoms with E-state index >= 15 is 0 Å². The zero-order valence-electron chi connectivity index (χ0n) is 14.7. The Labute approximate surface area is 149 Å². The lowest BCUT2D eigenvalue weighted by Gasteiger charge is -2.01. The predicted molar refractivity (Wildman–Crippen MR) is 92.1 cm³/mol. The van der Waals surface area contributed by atoms with Crippen LogP contribution in [0.3, 0.4) is 0 Å². The van der Waals surface area contributed by atoms with Crippen molar-refractivity contribution >= 4 is 17.6 Å². The monoisotopic (exact) mass is 357 g/mol. The Morgan fingerprint density at radius 2 is 1.96 bits per heavy atom. The van der Waals surface area contributed by atoms with Gasteiger partial charge in [-0.3, -0.25) is 18.8 Å². The molecule has 1 amide bonds. The zero-order chi connectivity index (χ0) is 18.8. The highest BCUT2D eigenvalue weighted by molar-refractivity contribution is 6.09. The van der Waals surface area contributed by atoms with Crippen LogP contribution in [0.1, 0.15) is 39.0 Å². The number of amides is 1. The van der Waals surface area contributed by atoms with Gasteiger partial charge in [0, 0.05) is 37.7 Å². The van der Waals surface area contributed by atoms with Gasteiger partial charge in [0.15, 0.2) is 5.69 Å². The molecule has 3 aromatic rings. The highest BCUT2D eigenvalue weighted by atomic mass is 16.4. The SMILES string of the molecule is CCn1cc(Cn2cc(NC(=O)c3nn(C)cc3C(=O)O)cn2)c(C)n1. The number of nitrogens with zero attached hydrogens (tertiary/aromatic N) is 6. The minimum atomic E-state index is -1.21. The van der Waals surface area contributed by atoms with Crippen molar-refractivity contribution in [2.24, 2.45) is 7.05 Å². The lowest BCUT2D eigenvalue weighted by Crippen LogP contribution is -2.16. The quantitative estimate of drug-likeness (QED) is 0.683. The second-order valence-electron chi connectivity index (χ2n) is 5.85. The third kappa shape index (κ3) is 3.48. The van der Waals surface area contributed by atoms with E-state index in [1.54, 1.807) is 17.9 Å². The number of hydrogen-bond donors (Lipinski definition) is 2. The van der Waals surface area contributed by atoms with Crippen molar-refractivity contribution in [2.75, 3.05) is 5.32 Å². The van der Waals surface area contributed by atoms with E-state index in [9.17, 15) is 9.59 Å². The molecular weight excluding hydrogens is 338 g/mol. The minimum absolute atomic E-state index is 0.146. The third-order valence-corrected chi connectivity index (χ3v) is 3.87. The molecule has 0 aliphatic rings. The van der Waals surface area contributed by atoms with Crippen molar-refractivity contribution in [1.82, 2.24) is 29.3 Å². The number of aromatic nitrogens is 6. The van der Waals surface area contributed by atoms with E-state index in [0.717, 1.165) is 17.8 Å². The normalized spacial score (nSPS) is 10.9. The first-order valence-corrected chi connectivity index (χ1v) is 8.01. The largest absolute Gasteiger partial charge is 0.478 e. The highest BCUT2D eigenvalue weighted by Crippen LogP contribution is 2.13. The molecule has 3 heterocycles. The van der Waals surface area contributed by atoms with E-state index in [-0.39, 0.29) is 11.3 Å². The molecule has 0 saturated heterocycles. The Hall–Kier alpha value is -3.43. The van der Waals surface area contributed by atoms with Gasteiger partial charge in [0.2, 0.25) is 0 Å². The van der Waals surface area contributed by atoms with Crippen molar-refractivity contribution in [1.29, 1.82) is 0 Å². The molecule has 10 nitrogen and oxygen atoms in total. The molecule has 0 aliphatic heterocycles. The van der Waals surface area contributed by atoms with Crippen LogP contribution in [-0.4, -0.2) is 46.3 Å². The molecule has 10 heteroatoms. The van der Waals surface area contributed by atoms with Gasteiger partial charge in [-0.1, -0.05) is 0 Å². The van der Waals surface area contributed by atoms with Gasteiger partial charge in [0.25, 0.3) is 5.91 Å². The van der Waals surface area contributed by atoms with Crippen molar-refractivity contribution in [2.45, 2.75) is 26.9 Å². The van der Waals surface area contributed by atoms with Gasteiger partial charge in [-0.2, -0.15) is 15.3 Å². The summed E-state index contributed by atoms with van der Waals surface area (Å²) in [7, 11) is 1.56. The van der Waals surface area contributed by atoms with Crippen molar-refractivity contribution in [3.63, 3.8) is 0 Å². The zero-order valence-corrected chi connectivity index (χ0v) is 14.7. The molecular formula is C16H19N7O3. The van der Waals surface area contributed by atoms with Gasteiger partial charge in [-0.05, 0) is 13.8 Å². The molecule has 0 fully saturated rings. The van der Waals surface area contributed by atoms with Gasteiger partial charge in [0.1, 0.15) is 5.56 Å². The van der Waals surface area contributed by atoms with Crippen LogP contribution in [0.25, 0.3) is 0 Å². The number of carboxylic acids is 1. The fourth-order valence-corrected chi connectivity index (χ4v) is 2.57. The molecule has 0 aliphatic carbocycles. The van der Waals surface area contributed by atoms with Crippen LogP contribution in [-0.2, 0) is 20.1 Å². The molecule has 2 N–H and O–H groups in total. The lowest BCUT2D eigenvalue weighted by atomic mass is 10.2. The summed E-state index contributed by atoms with van der Waals surface area (Å²) in [5.41, 5.74) is 2.11. The smallest absolute Gasteiger partial charge is 0.339 e. The fraction of sp³-hybridized carbons (Fsp3) is 0.312. The summed E-state index contributed by atoms with van der Waals surface area (Å²) >= 11 is 0. The Morgan fingerprint density at radius 3 is 2.62 bits per heavy atom. The summed E-state index contributed by atoms with van der Waals surface area (Å²) < 4.78 is 4.82. The molecule has 0 radical (unpaired) electrons. The van der Waals surface area contributed by atoms with Gasteiger partial charge in [-0.25, -0.2) is 4.79 Å². The Balaban J connectivity index is 1.73. The number of nitrogens with one attached hydrogen (secondary N) is 1. The van der Waals surface area contributed by atoms with Crippen LogP contribution in [0.4, 0.5) is 5.69 Å². The highest BCUT2D eigenvalue weighted by Gasteiger charge is 2.21. The first kappa shape index (κ1) is 17.4. The van der Waals surface area contributed by atoms with Gasteiger partial charge in [0.05, 0.1) is 24.1 Å². The average molecular weight is 357 g/mol. The van der Waals surface area contributed by atoms with Crippen LogP contribution in [0.15, 0.2) is 24.8 Å². The van der Waals surface area contributed by atoms with E-state index < -0.39 is 11.9 Å². The van der Waals surface area contributed by atoms with Gasteiger partial charge in [-0.15, -0.1) is 0 Å². The fourth-order valence-electron chi connectivity index (χ4n) is 2.57. The number of anilines is 1. The average Bonchev–Trinajstić information content (AvgIpc) is 3.27. The number of carboxylic acid groups (broad SMARTS) is 1. The molecule has 0 bridgehead atoms. The van der Waals surface area contributed by atoms with Crippen LogP contribution in [0.5, 0.6) is 0 Å². The molecule has 0 aromatic carbocycles. The Morgan fingerprint density at radius 1 is 1.19 bits per heavy atom. The van der Waals surface area contributed by atoms with Crippen LogP contribution in [0, 0.1) is 6.92 Å². The van der Waals surface area contributed by atoms with E-state index in [1.807, 2.05) is 24.7 Å². The van der Waals surface area contributed by atoms with Crippen molar-refractivity contribution < 1.29 is 14.7 Å². The summed E-state index contributed by atoms with van der Waals surface area (Å²) in [5.74, 6) is -1.81. The summed E-state index contributed by atoms with van der Waals surface area (Å²) in [6.45, 7) is 5.26. The van der Waals surface area contributed by atoms with Gasteiger partial charge >= 0.3 is 5.97 Å². The number of carbonyl (C=O) groups excluding carboxylic acids is 1. The van der Waals surface area contributed by atoms with Crippen molar-refractivity contribution in [3.05, 3.63) is 47.3 Å². The van der Waals surface area contributed by atoms with Crippen LogP contribution < -0.4 is 5.32 Å². The van der Waals surface area contributed by atoms with E-state index in [0.29, 0.717) is 12.2 Å². The number of rotatable bonds is 6. The number of hydrogen-bond acceptors (Lipinski definition) is 5. The first-order valence-electron chi connectivity index (χ1n) is 8.01. The summed E-state index contributed by atoms with van der Waals surface area (Å²) in [6.07, 6.45) is 6.42. The number of aryl methyl sites for hydroxylation is 3. The predicted octanol–water partition coefficient (Wildman–Crippen LogP) is 1.14. The molecule has 0 spiro atoms. The molecule has 0 atom stereocenters. The second-order valence-corrected chi connectivity index (χ2v) is 5.85. The summed E-state index contributed by atoms with van der Waals surface area (Å²) in [4.78, 5) is 23.5. The van der Waals surface area contributed by atoms with Crippen LogP contribution >= 0.6 is 0 Å². The Bertz CT molecular complexity index is 967. The van der Waals surface area contributed by atoms with Gasteiger partial charge < -0.3 is 10.4 Å². The summed E-state index contributed by atoms with van der Waals surface area (Å²) in [5, 5.41) is 24.3. The van der Waals surface area contributed by atoms with Crippen LogP contribution in [0.2, 0.25) is 0 Å². The maximum absolute atomic E-state index is 12.3. The molecule has 0 saturated carbocycles. The number of carbonyl (C=O) groups is 2. The van der Waals surface area contributed by atoms with Crippen molar-refractivity contribution in [3.8, 4) is 0 Å². The molecule has 26 heavy (non-hydrogen) atoms. The topological polar surface area (TPSA) is 120 Å². The van der Waals surface area contributed by atoms with E-state index in [1.165, 1.54) is 17.1 Å². The third-order valence-electron chi connectivity index (χ3n) is 3.87. The Kier molecular flexibility index (Phi) is 4.57. The molecule has 0 unspecified atom stereocenters. The minimum Gasteiger partial charge on any atom is -0.478 e. The van der Waals surface area contributed by atoms with E-state index in [2.05, 4.69) is 20.6 Å². The second kappa shape index (κ2) is 6.82. The molecule has 3 aromatic heterocycles. The van der Waals surface area contributed by atoms with E-state index in [4.69, 9.17) is 5.11 Å².